The van der Waals surface area contributed by atoms with Gasteiger partial charge in [0.25, 0.3) is 0 Å². The fraction of sp³-hybridized carbons (Fsp3) is 0.538. The highest BCUT2D eigenvalue weighted by atomic mass is 79.9. The van der Waals surface area contributed by atoms with Gasteiger partial charge in [-0.15, -0.1) is 0 Å². The maximum absolute atomic E-state index is 12.4. The molecule has 0 aliphatic carbocycles. The third-order valence-electron chi connectivity index (χ3n) is 3.50. The van der Waals surface area contributed by atoms with Crippen LogP contribution >= 0.6 is 15.9 Å². The third-order valence-corrected chi connectivity index (χ3v) is 5.51. The van der Waals surface area contributed by atoms with Crippen LogP contribution in [0.2, 0.25) is 0 Å². The van der Waals surface area contributed by atoms with Crippen molar-refractivity contribution in [3.63, 3.8) is 0 Å². The molecule has 0 spiro atoms. The maximum atomic E-state index is 12.4. The molecule has 1 aliphatic rings. The van der Waals surface area contributed by atoms with Crippen molar-refractivity contribution in [1.82, 2.24) is 9.62 Å². The van der Waals surface area contributed by atoms with E-state index in [1.165, 1.54) is 0 Å². The molecule has 118 valence electrons. The van der Waals surface area contributed by atoms with Crippen LogP contribution in [0.5, 0.6) is 0 Å². The van der Waals surface area contributed by atoms with Crippen LogP contribution in [0.1, 0.15) is 5.56 Å². The molecule has 6 nitrogen and oxygen atoms in total. The molecule has 0 saturated carbocycles. The highest BCUT2D eigenvalue weighted by Crippen LogP contribution is 2.26. The minimum atomic E-state index is -3.61. The number of benzene rings is 1. The number of likely N-dealkylation sites (N-methyl/N-ethyl adjacent to an activating group) is 1. The number of nitrogens with zero attached hydrogens (tertiary/aromatic N) is 1. The van der Waals surface area contributed by atoms with E-state index in [0.717, 1.165) is 6.54 Å². The molecule has 1 aliphatic heterocycles. The van der Waals surface area contributed by atoms with Crippen molar-refractivity contribution in [1.29, 1.82) is 0 Å². The largest absolute Gasteiger partial charge is 0.398 e. The van der Waals surface area contributed by atoms with Crippen LogP contribution in [-0.4, -0.2) is 52.7 Å². The summed E-state index contributed by atoms with van der Waals surface area (Å²) in [5.74, 6) is 0. The number of morpholine rings is 1. The van der Waals surface area contributed by atoms with Gasteiger partial charge in [0.05, 0.1) is 17.6 Å². The van der Waals surface area contributed by atoms with Gasteiger partial charge in [0, 0.05) is 29.8 Å². The van der Waals surface area contributed by atoms with E-state index in [1.54, 1.807) is 19.1 Å². The van der Waals surface area contributed by atoms with Crippen molar-refractivity contribution in [2.75, 3.05) is 39.0 Å². The van der Waals surface area contributed by atoms with Gasteiger partial charge in [0.1, 0.15) is 0 Å². The normalized spacial score (nSPS) is 20.6. The fourth-order valence-electron chi connectivity index (χ4n) is 2.22. The SMILES string of the molecule is Cc1c(N)cc(Br)cc1S(=O)(=O)NCC1CN(C)CCO1. The number of nitrogens with one attached hydrogen (secondary N) is 1. The van der Waals surface area contributed by atoms with E-state index in [-0.39, 0.29) is 17.5 Å². The first-order chi connectivity index (χ1) is 9.79. The van der Waals surface area contributed by atoms with Crippen molar-refractivity contribution >= 4 is 31.6 Å². The van der Waals surface area contributed by atoms with Gasteiger partial charge < -0.3 is 15.4 Å². The minimum absolute atomic E-state index is 0.136. The Kier molecular flexibility index (Phi) is 5.26. The molecular formula is C13H20BrN3O3S. The Hall–Kier alpha value is -0.670. The lowest BCUT2D eigenvalue weighted by Crippen LogP contribution is -2.45. The summed E-state index contributed by atoms with van der Waals surface area (Å²) in [5.41, 5.74) is 6.81. The number of nitrogen functional groups attached to an aromatic ring is 1. The minimum Gasteiger partial charge on any atom is -0.398 e. The van der Waals surface area contributed by atoms with Crippen molar-refractivity contribution in [2.45, 2.75) is 17.9 Å². The monoisotopic (exact) mass is 377 g/mol. The predicted molar refractivity (Wildman–Crippen MR) is 85.7 cm³/mol. The molecule has 1 fully saturated rings. The lowest BCUT2D eigenvalue weighted by Gasteiger charge is -2.30. The molecule has 1 atom stereocenters. The average molecular weight is 378 g/mol. The van der Waals surface area contributed by atoms with Gasteiger partial charge in [-0.1, -0.05) is 15.9 Å². The second-order valence-electron chi connectivity index (χ2n) is 5.23. The summed E-state index contributed by atoms with van der Waals surface area (Å²) < 4.78 is 33.6. The van der Waals surface area contributed by atoms with E-state index >= 15 is 0 Å². The molecule has 2 rings (SSSR count). The van der Waals surface area contributed by atoms with E-state index < -0.39 is 10.0 Å². The van der Waals surface area contributed by atoms with Crippen LogP contribution in [0.15, 0.2) is 21.5 Å². The van der Waals surface area contributed by atoms with Gasteiger partial charge in [-0.2, -0.15) is 0 Å². The van der Waals surface area contributed by atoms with Gasteiger partial charge in [0.2, 0.25) is 10.0 Å². The van der Waals surface area contributed by atoms with Crippen LogP contribution in [-0.2, 0) is 14.8 Å². The summed E-state index contributed by atoms with van der Waals surface area (Å²) >= 11 is 3.27. The lowest BCUT2D eigenvalue weighted by atomic mass is 10.2. The van der Waals surface area contributed by atoms with Crippen LogP contribution in [0.25, 0.3) is 0 Å². The Morgan fingerprint density at radius 1 is 1.52 bits per heavy atom. The number of rotatable bonds is 4. The zero-order valence-electron chi connectivity index (χ0n) is 12.1. The molecule has 1 heterocycles. The Labute approximate surface area is 133 Å². The average Bonchev–Trinajstić information content (AvgIpc) is 2.41. The fourth-order valence-corrected chi connectivity index (χ4v) is 4.21. The van der Waals surface area contributed by atoms with Crippen LogP contribution in [0.3, 0.4) is 0 Å². The molecule has 1 saturated heterocycles. The van der Waals surface area contributed by atoms with Crippen LogP contribution < -0.4 is 10.5 Å². The molecule has 0 radical (unpaired) electrons. The number of anilines is 1. The highest BCUT2D eigenvalue weighted by Gasteiger charge is 2.23. The zero-order valence-corrected chi connectivity index (χ0v) is 14.5. The molecule has 1 unspecified atom stereocenters. The van der Waals surface area contributed by atoms with Gasteiger partial charge in [-0.05, 0) is 31.7 Å². The maximum Gasteiger partial charge on any atom is 0.241 e. The second-order valence-corrected chi connectivity index (χ2v) is 7.88. The molecule has 0 bridgehead atoms. The highest BCUT2D eigenvalue weighted by molar-refractivity contribution is 9.10. The summed E-state index contributed by atoms with van der Waals surface area (Å²) in [6.07, 6.45) is -0.136. The molecule has 3 N–H and O–H groups in total. The standard InChI is InChI=1S/C13H20BrN3O3S/c1-9-12(15)5-10(14)6-13(9)21(18,19)16-7-11-8-17(2)3-4-20-11/h5-6,11,16H,3-4,7-8,15H2,1-2H3. The lowest BCUT2D eigenvalue weighted by molar-refractivity contribution is -0.0156. The van der Waals surface area contributed by atoms with E-state index in [2.05, 4.69) is 25.6 Å². The molecule has 0 amide bonds. The number of nitrogens with two attached hydrogens (primary N) is 1. The van der Waals surface area contributed by atoms with Crippen molar-refractivity contribution in [3.05, 3.63) is 22.2 Å². The molecule has 1 aromatic carbocycles. The Morgan fingerprint density at radius 2 is 2.24 bits per heavy atom. The van der Waals surface area contributed by atoms with Crippen LogP contribution in [0.4, 0.5) is 5.69 Å². The van der Waals surface area contributed by atoms with Crippen LogP contribution in [0, 0.1) is 6.92 Å². The first-order valence-electron chi connectivity index (χ1n) is 6.65. The molecule has 0 aromatic heterocycles. The number of sulfonamides is 1. The summed E-state index contributed by atoms with van der Waals surface area (Å²) in [6.45, 7) is 4.14. The topological polar surface area (TPSA) is 84.7 Å². The smallest absolute Gasteiger partial charge is 0.241 e. The quantitative estimate of drug-likeness (QED) is 0.763. The summed E-state index contributed by atoms with van der Waals surface area (Å²) in [7, 11) is -1.62. The summed E-state index contributed by atoms with van der Waals surface area (Å²) in [5, 5.41) is 0. The zero-order chi connectivity index (χ0) is 15.6. The van der Waals surface area contributed by atoms with Gasteiger partial charge in [0.15, 0.2) is 0 Å². The number of hydrogen-bond acceptors (Lipinski definition) is 5. The molecule has 8 heteroatoms. The van der Waals surface area contributed by atoms with Crippen molar-refractivity contribution < 1.29 is 13.2 Å². The number of halogens is 1. The Balaban J connectivity index is 2.12. The van der Waals surface area contributed by atoms with E-state index in [1.807, 2.05) is 7.05 Å². The van der Waals surface area contributed by atoms with E-state index in [0.29, 0.717) is 28.9 Å². The molecular weight excluding hydrogens is 358 g/mol. The summed E-state index contributed by atoms with van der Waals surface area (Å²) in [4.78, 5) is 2.31. The third kappa shape index (κ3) is 4.17. The van der Waals surface area contributed by atoms with Gasteiger partial charge in [-0.25, -0.2) is 13.1 Å². The molecule has 21 heavy (non-hydrogen) atoms. The summed E-state index contributed by atoms with van der Waals surface area (Å²) in [6, 6.07) is 3.25. The number of hydrogen-bond donors (Lipinski definition) is 2. The second kappa shape index (κ2) is 6.62. The Morgan fingerprint density at radius 3 is 2.90 bits per heavy atom. The van der Waals surface area contributed by atoms with E-state index in [9.17, 15) is 8.42 Å². The van der Waals surface area contributed by atoms with Crippen molar-refractivity contribution in [3.8, 4) is 0 Å². The predicted octanol–water partition coefficient (Wildman–Crippen LogP) is 0.949. The first kappa shape index (κ1) is 16.7. The Bertz CT molecular complexity index is 621. The van der Waals surface area contributed by atoms with Gasteiger partial charge >= 0.3 is 0 Å². The van der Waals surface area contributed by atoms with Crippen molar-refractivity contribution in [2.24, 2.45) is 0 Å². The van der Waals surface area contributed by atoms with Gasteiger partial charge in [-0.3, -0.25) is 0 Å². The molecule has 1 aromatic rings. The number of ether oxygens (including phenoxy) is 1. The first-order valence-corrected chi connectivity index (χ1v) is 8.92. The van der Waals surface area contributed by atoms with E-state index in [4.69, 9.17) is 10.5 Å².